The van der Waals surface area contributed by atoms with Gasteiger partial charge in [-0.15, -0.1) is 6.42 Å². The number of carboxylic acids is 1. The molecule has 0 aromatic rings. The van der Waals surface area contributed by atoms with E-state index in [1.54, 1.807) is 13.8 Å². The third-order valence-corrected chi connectivity index (χ3v) is 2.17. The first-order valence-corrected chi connectivity index (χ1v) is 4.64. The van der Waals surface area contributed by atoms with Crippen molar-refractivity contribution < 1.29 is 14.7 Å². The van der Waals surface area contributed by atoms with E-state index in [-0.39, 0.29) is 0 Å². The van der Waals surface area contributed by atoms with Crippen LogP contribution in [0.3, 0.4) is 0 Å². The molecule has 2 atom stereocenters. The number of carboxylic acid groups (broad SMARTS) is 1. The fourth-order valence-corrected chi connectivity index (χ4v) is 0.818. The van der Waals surface area contributed by atoms with Crippen molar-refractivity contribution >= 4 is 12.0 Å². The van der Waals surface area contributed by atoms with Gasteiger partial charge >= 0.3 is 12.0 Å². The van der Waals surface area contributed by atoms with Crippen LogP contribution in [-0.4, -0.2) is 28.7 Å². The molecule has 0 spiro atoms. The number of hydrogen-bond acceptors (Lipinski definition) is 2. The molecule has 0 radical (unpaired) electrons. The number of amides is 2. The zero-order valence-corrected chi connectivity index (χ0v) is 9.13. The Hall–Kier alpha value is -1.70. The van der Waals surface area contributed by atoms with Crippen LogP contribution >= 0.6 is 0 Å². The maximum Gasteiger partial charge on any atom is 0.329 e. The number of rotatable bonds is 4. The Labute approximate surface area is 89.2 Å². The van der Waals surface area contributed by atoms with Crippen molar-refractivity contribution in [2.75, 3.05) is 0 Å². The van der Waals surface area contributed by atoms with Crippen molar-refractivity contribution in [3.8, 4) is 12.3 Å². The van der Waals surface area contributed by atoms with Crippen molar-refractivity contribution in [3.05, 3.63) is 0 Å². The van der Waals surface area contributed by atoms with E-state index in [0.717, 1.165) is 0 Å². The van der Waals surface area contributed by atoms with Crippen molar-refractivity contribution in [1.82, 2.24) is 10.6 Å². The van der Waals surface area contributed by atoms with Crippen LogP contribution in [0.15, 0.2) is 0 Å². The molecule has 0 fully saturated rings. The lowest BCUT2D eigenvalue weighted by atomic mass is 10.00. The highest BCUT2D eigenvalue weighted by atomic mass is 16.4. The molecule has 2 amide bonds. The SMILES string of the molecule is C#CC(C)NC(=O)NC(C)(CC)C(=O)O. The predicted octanol–water partition coefficient (Wildman–Crippen LogP) is 0.561. The topological polar surface area (TPSA) is 78.4 Å². The quantitative estimate of drug-likeness (QED) is 0.596. The van der Waals surface area contributed by atoms with Gasteiger partial charge in [0.25, 0.3) is 0 Å². The molecular formula is C10H16N2O3. The molecule has 2 unspecified atom stereocenters. The third-order valence-electron chi connectivity index (χ3n) is 2.17. The van der Waals surface area contributed by atoms with Gasteiger partial charge in [-0.25, -0.2) is 9.59 Å². The summed E-state index contributed by atoms with van der Waals surface area (Å²) in [5.41, 5.74) is -1.27. The molecule has 0 saturated carbocycles. The van der Waals surface area contributed by atoms with Crippen LogP contribution in [0, 0.1) is 12.3 Å². The monoisotopic (exact) mass is 212 g/mol. The van der Waals surface area contributed by atoms with E-state index in [4.69, 9.17) is 11.5 Å². The van der Waals surface area contributed by atoms with Gasteiger partial charge in [0.05, 0.1) is 6.04 Å². The van der Waals surface area contributed by atoms with Crippen LogP contribution < -0.4 is 10.6 Å². The van der Waals surface area contributed by atoms with Gasteiger partial charge < -0.3 is 15.7 Å². The largest absolute Gasteiger partial charge is 0.480 e. The summed E-state index contributed by atoms with van der Waals surface area (Å²) in [6, 6.07) is -1.01. The first-order chi connectivity index (χ1) is 6.85. The Kier molecular flexibility index (Phi) is 4.65. The summed E-state index contributed by atoms with van der Waals surface area (Å²) in [6.07, 6.45) is 5.36. The van der Waals surface area contributed by atoms with Crippen molar-refractivity contribution in [2.45, 2.75) is 38.8 Å². The van der Waals surface area contributed by atoms with Gasteiger partial charge in [0.1, 0.15) is 5.54 Å². The van der Waals surface area contributed by atoms with Crippen LogP contribution in [0.2, 0.25) is 0 Å². The summed E-state index contributed by atoms with van der Waals surface area (Å²) in [5.74, 6) is 1.23. The average Bonchev–Trinajstić information content (AvgIpc) is 2.16. The second-order valence-electron chi connectivity index (χ2n) is 3.48. The minimum absolute atomic E-state index is 0.292. The van der Waals surface area contributed by atoms with E-state index in [0.29, 0.717) is 6.42 Å². The zero-order valence-electron chi connectivity index (χ0n) is 9.13. The standard InChI is InChI=1S/C10H16N2O3/c1-5-7(3)11-9(15)12-10(4,6-2)8(13)14/h1,7H,6H2,2-4H3,(H,13,14)(H2,11,12,15). The number of urea groups is 1. The second kappa shape index (κ2) is 5.25. The zero-order chi connectivity index (χ0) is 12.1. The maximum atomic E-state index is 11.3. The molecule has 0 rings (SSSR count). The number of nitrogens with one attached hydrogen (secondary N) is 2. The lowest BCUT2D eigenvalue weighted by Gasteiger charge is -2.25. The van der Waals surface area contributed by atoms with Crippen LogP contribution in [0.25, 0.3) is 0 Å². The highest BCUT2D eigenvalue weighted by molar-refractivity contribution is 5.86. The van der Waals surface area contributed by atoms with E-state index >= 15 is 0 Å². The third kappa shape index (κ3) is 3.90. The average molecular weight is 212 g/mol. The molecule has 0 aromatic heterocycles. The van der Waals surface area contributed by atoms with Crippen molar-refractivity contribution in [1.29, 1.82) is 0 Å². The number of hydrogen-bond donors (Lipinski definition) is 3. The molecule has 3 N–H and O–H groups in total. The molecule has 0 aliphatic carbocycles. The Balaban J connectivity index is 4.39. The normalized spacial score (nSPS) is 15.6. The van der Waals surface area contributed by atoms with Crippen molar-refractivity contribution in [2.24, 2.45) is 0 Å². The van der Waals surface area contributed by atoms with Crippen molar-refractivity contribution in [3.63, 3.8) is 0 Å². The molecule has 0 aliphatic rings. The van der Waals surface area contributed by atoms with Crippen LogP contribution in [0.4, 0.5) is 4.79 Å². The molecule has 0 aliphatic heterocycles. The van der Waals surface area contributed by atoms with Gasteiger partial charge in [-0.3, -0.25) is 0 Å². The van der Waals surface area contributed by atoms with Crippen LogP contribution in [-0.2, 0) is 4.79 Å². The summed E-state index contributed by atoms with van der Waals surface area (Å²) >= 11 is 0. The minimum atomic E-state index is -1.27. The number of aliphatic carboxylic acids is 1. The molecule has 15 heavy (non-hydrogen) atoms. The minimum Gasteiger partial charge on any atom is -0.480 e. The van der Waals surface area contributed by atoms with E-state index in [1.807, 2.05) is 0 Å². The summed E-state index contributed by atoms with van der Waals surface area (Å²) in [4.78, 5) is 22.2. The smallest absolute Gasteiger partial charge is 0.329 e. The Morgan fingerprint density at radius 1 is 1.60 bits per heavy atom. The molecular weight excluding hydrogens is 196 g/mol. The highest BCUT2D eigenvalue weighted by Crippen LogP contribution is 2.08. The van der Waals surface area contributed by atoms with Crippen LogP contribution in [0.1, 0.15) is 27.2 Å². The lowest BCUT2D eigenvalue weighted by molar-refractivity contribution is -0.143. The van der Waals surface area contributed by atoms with Gasteiger partial charge in [-0.2, -0.15) is 0 Å². The summed E-state index contributed by atoms with van der Waals surface area (Å²) in [5, 5.41) is 13.7. The summed E-state index contributed by atoms with van der Waals surface area (Å²) in [6.45, 7) is 4.75. The predicted molar refractivity (Wildman–Crippen MR) is 56.3 cm³/mol. The lowest BCUT2D eigenvalue weighted by Crippen LogP contribution is -2.55. The molecule has 5 heteroatoms. The Morgan fingerprint density at radius 3 is 2.47 bits per heavy atom. The fourth-order valence-electron chi connectivity index (χ4n) is 0.818. The first-order valence-electron chi connectivity index (χ1n) is 4.64. The maximum absolute atomic E-state index is 11.3. The molecule has 0 heterocycles. The van der Waals surface area contributed by atoms with Gasteiger partial charge in [-0.1, -0.05) is 12.8 Å². The number of carbonyl (C=O) groups is 2. The molecule has 0 bridgehead atoms. The summed E-state index contributed by atoms with van der Waals surface area (Å²) < 4.78 is 0. The summed E-state index contributed by atoms with van der Waals surface area (Å²) in [7, 11) is 0. The highest BCUT2D eigenvalue weighted by Gasteiger charge is 2.32. The second-order valence-corrected chi connectivity index (χ2v) is 3.48. The number of terminal acetylenes is 1. The van der Waals surface area contributed by atoms with E-state index in [9.17, 15) is 9.59 Å². The number of carbonyl (C=O) groups excluding carboxylic acids is 1. The van der Waals surface area contributed by atoms with Gasteiger partial charge in [-0.05, 0) is 20.3 Å². The Morgan fingerprint density at radius 2 is 2.13 bits per heavy atom. The first kappa shape index (κ1) is 13.3. The molecule has 0 saturated heterocycles. The molecule has 84 valence electrons. The molecule has 0 aromatic carbocycles. The molecule has 5 nitrogen and oxygen atoms in total. The van der Waals surface area contributed by atoms with Gasteiger partial charge in [0.15, 0.2) is 0 Å². The van der Waals surface area contributed by atoms with Gasteiger partial charge in [0, 0.05) is 0 Å². The van der Waals surface area contributed by atoms with E-state index < -0.39 is 23.6 Å². The van der Waals surface area contributed by atoms with E-state index in [2.05, 4.69) is 16.6 Å². The van der Waals surface area contributed by atoms with E-state index in [1.165, 1.54) is 6.92 Å². The van der Waals surface area contributed by atoms with Gasteiger partial charge in [0.2, 0.25) is 0 Å². The van der Waals surface area contributed by atoms with Crippen LogP contribution in [0.5, 0.6) is 0 Å². The fraction of sp³-hybridized carbons (Fsp3) is 0.600. The Bertz CT molecular complexity index is 296.